The lowest BCUT2D eigenvalue weighted by Gasteiger charge is -2.27. The van der Waals surface area contributed by atoms with Gasteiger partial charge in [0.1, 0.15) is 5.75 Å². The monoisotopic (exact) mass is 340 g/mol. The van der Waals surface area contributed by atoms with Gasteiger partial charge in [-0.1, -0.05) is 18.5 Å². The number of rotatable bonds is 5. The first-order valence-electron chi connectivity index (χ1n) is 7.83. The van der Waals surface area contributed by atoms with Crippen LogP contribution in [-0.4, -0.2) is 36.2 Å². The van der Waals surface area contributed by atoms with Crippen LogP contribution in [0.1, 0.15) is 38.8 Å². The molecule has 0 fully saturated rings. The lowest BCUT2D eigenvalue weighted by Crippen LogP contribution is -2.45. The van der Waals surface area contributed by atoms with Gasteiger partial charge >= 0.3 is 0 Å². The van der Waals surface area contributed by atoms with E-state index in [4.69, 9.17) is 21.1 Å². The zero-order valence-electron chi connectivity index (χ0n) is 14.2. The molecule has 0 aromatic heterocycles. The third-order valence-electron chi connectivity index (χ3n) is 3.47. The van der Waals surface area contributed by atoms with Crippen molar-refractivity contribution in [2.24, 2.45) is 0 Å². The van der Waals surface area contributed by atoms with E-state index in [1.807, 2.05) is 39.8 Å². The number of fused-ring (bicyclic) bond motifs is 1. The van der Waals surface area contributed by atoms with Crippen LogP contribution < -0.4 is 10.1 Å². The first kappa shape index (κ1) is 18.0. The molecule has 1 heterocycles. The Morgan fingerprint density at radius 1 is 1.39 bits per heavy atom. The van der Waals surface area contributed by atoms with Gasteiger partial charge in [0.05, 0.1) is 13.2 Å². The maximum absolute atomic E-state index is 12.1. The largest absolute Gasteiger partial charge is 0.467 e. The molecule has 5 nitrogen and oxygen atoms in total. The summed E-state index contributed by atoms with van der Waals surface area (Å²) in [4.78, 5) is 14.2. The van der Waals surface area contributed by atoms with Crippen molar-refractivity contribution in [3.05, 3.63) is 28.3 Å². The highest BCUT2D eigenvalue weighted by Crippen LogP contribution is 2.32. The molecule has 23 heavy (non-hydrogen) atoms. The minimum Gasteiger partial charge on any atom is -0.467 e. The fourth-order valence-electron chi connectivity index (χ4n) is 2.56. The number of amides is 1. The van der Waals surface area contributed by atoms with Gasteiger partial charge in [-0.25, -0.2) is 0 Å². The quantitative estimate of drug-likeness (QED) is 0.895. The number of halogens is 1. The van der Waals surface area contributed by atoms with Gasteiger partial charge in [-0.05, 0) is 39.4 Å². The Morgan fingerprint density at radius 2 is 2.13 bits per heavy atom. The smallest absolute Gasteiger partial charge is 0.234 e. The maximum Gasteiger partial charge on any atom is 0.234 e. The average Bonchev–Trinajstić information content (AvgIpc) is 2.44. The van der Waals surface area contributed by atoms with Crippen molar-refractivity contribution in [2.75, 3.05) is 19.9 Å². The molecule has 1 aromatic rings. The second-order valence-electron chi connectivity index (χ2n) is 6.77. The summed E-state index contributed by atoms with van der Waals surface area (Å²) < 4.78 is 10.9. The Bertz CT molecular complexity index is 570. The highest BCUT2D eigenvalue weighted by Gasteiger charge is 2.20. The number of carbonyl (C=O) groups excluding carboxylic acids is 1. The molecule has 0 saturated carbocycles. The molecule has 0 aliphatic carbocycles. The van der Waals surface area contributed by atoms with E-state index in [-0.39, 0.29) is 18.2 Å². The number of nitrogens with one attached hydrogen (secondary N) is 1. The second-order valence-corrected chi connectivity index (χ2v) is 7.20. The van der Waals surface area contributed by atoms with Gasteiger partial charge in [-0.3, -0.25) is 9.69 Å². The van der Waals surface area contributed by atoms with E-state index in [9.17, 15) is 4.79 Å². The van der Waals surface area contributed by atoms with E-state index in [0.29, 0.717) is 24.7 Å². The Labute approximate surface area is 142 Å². The van der Waals surface area contributed by atoms with Crippen LogP contribution in [0.4, 0.5) is 0 Å². The fraction of sp³-hybridized carbons (Fsp3) is 0.588. The molecule has 6 heteroatoms. The van der Waals surface area contributed by atoms with Crippen molar-refractivity contribution in [2.45, 2.75) is 46.4 Å². The van der Waals surface area contributed by atoms with E-state index in [1.165, 1.54) is 0 Å². The number of hydrogen-bond acceptors (Lipinski definition) is 4. The Morgan fingerprint density at radius 3 is 2.78 bits per heavy atom. The van der Waals surface area contributed by atoms with Crippen LogP contribution in [0.3, 0.4) is 0 Å². The minimum atomic E-state index is -0.230. The van der Waals surface area contributed by atoms with Crippen LogP contribution in [0.25, 0.3) is 0 Å². The third kappa shape index (κ3) is 5.37. The molecule has 0 saturated heterocycles. The van der Waals surface area contributed by atoms with E-state index in [2.05, 4.69) is 10.2 Å². The van der Waals surface area contributed by atoms with Crippen molar-refractivity contribution in [3.8, 4) is 5.75 Å². The van der Waals surface area contributed by atoms with Crippen molar-refractivity contribution in [1.29, 1.82) is 0 Å². The number of ether oxygens (including phenoxy) is 2. The topological polar surface area (TPSA) is 50.8 Å². The first-order valence-corrected chi connectivity index (χ1v) is 8.21. The van der Waals surface area contributed by atoms with Gasteiger partial charge in [0, 0.05) is 28.2 Å². The van der Waals surface area contributed by atoms with Gasteiger partial charge in [-0.15, -0.1) is 0 Å². The molecule has 0 radical (unpaired) electrons. The predicted molar refractivity (Wildman–Crippen MR) is 90.6 cm³/mol. The normalized spacial score (nSPS) is 14.3. The SMILES string of the molecule is CCN(CC(=O)NC(C)(C)C)Cc1cc(Cl)cc2c1OCOC2. The second kappa shape index (κ2) is 7.51. The van der Waals surface area contributed by atoms with E-state index in [0.717, 1.165) is 23.4 Å². The van der Waals surface area contributed by atoms with Gasteiger partial charge in [0.15, 0.2) is 6.79 Å². The summed E-state index contributed by atoms with van der Waals surface area (Å²) >= 11 is 6.19. The third-order valence-corrected chi connectivity index (χ3v) is 3.69. The lowest BCUT2D eigenvalue weighted by atomic mass is 10.1. The van der Waals surface area contributed by atoms with Crippen LogP contribution in [-0.2, 0) is 22.7 Å². The Hall–Kier alpha value is -1.30. The number of benzene rings is 1. The standard InChI is InChI=1S/C17H25ClN2O3/c1-5-20(9-15(21)19-17(2,3)4)8-12-6-14(18)7-13-10-22-11-23-16(12)13/h6-7H,5,8-11H2,1-4H3,(H,19,21). The summed E-state index contributed by atoms with van der Waals surface area (Å²) in [5.74, 6) is 0.842. The molecule has 1 aliphatic rings. The van der Waals surface area contributed by atoms with Crippen molar-refractivity contribution in [3.63, 3.8) is 0 Å². The molecule has 0 spiro atoms. The molecule has 0 unspecified atom stereocenters. The predicted octanol–water partition coefficient (Wildman–Crippen LogP) is 2.94. The van der Waals surface area contributed by atoms with Crippen LogP contribution in [0.2, 0.25) is 5.02 Å². The molecular formula is C17H25ClN2O3. The van der Waals surface area contributed by atoms with Crippen molar-refractivity contribution >= 4 is 17.5 Å². The molecule has 1 amide bonds. The first-order chi connectivity index (χ1) is 10.8. The summed E-state index contributed by atoms with van der Waals surface area (Å²) in [5.41, 5.74) is 1.71. The number of nitrogens with zero attached hydrogens (tertiary/aromatic N) is 1. The van der Waals surface area contributed by atoms with Gasteiger partial charge < -0.3 is 14.8 Å². The molecule has 2 rings (SSSR count). The van der Waals surface area contributed by atoms with Crippen LogP contribution in [0, 0.1) is 0 Å². The molecule has 1 aliphatic heterocycles. The summed E-state index contributed by atoms with van der Waals surface area (Å²) in [6.07, 6.45) is 0. The van der Waals surface area contributed by atoms with Gasteiger partial charge in [0.25, 0.3) is 0 Å². The lowest BCUT2D eigenvalue weighted by molar-refractivity contribution is -0.123. The molecule has 0 atom stereocenters. The molecule has 1 aromatic carbocycles. The summed E-state index contributed by atoms with van der Waals surface area (Å²) in [5, 5.41) is 3.64. The molecule has 0 bridgehead atoms. The summed E-state index contributed by atoms with van der Waals surface area (Å²) in [6, 6.07) is 3.76. The van der Waals surface area contributed by atoms with E-state index < -0.39 is 0 Å². The highest BCUT2D eigenvalue weighted by atomic mass is 35.5. The zero-order chi connectivity index (χ0) is 17.0. The van der Waals surface area contributed by atoms with Crippen LogP contribution >= 0.6 is 11.6 Å². The number of hydrogen-bond donors (Lipinski definition) is 1. The molecule has 1 N–H and O–H groups in total. The highest BCUT2D eigenvalue weighted by molar-refractivity contribution is 6.30. The van der Waals surface area contributed by atoms with Crippen molar-refractivity contribution in [1.82, 2.24) is 10.2 Å². The number of carbonyl (C=O) groups is 1. The van der Waals surface area contributed by atoms with Gasteiger partial charge in [-0.2, -0.15) is 0 Å². The van der Waals surface area contributed by atoms with Crippen molar-refractivity contribution < 1.29 is 14.3 Å². The van der Waals surface area contributed by atoms with Gasteiger partial charge in [0.2, 0.25) is 5.91 Å². The average molecular weight is 341 g/mol. The summed E-state index contributed by atoms with van der Waals surface area (Å²) in [6.45, 7) is 10.4. The van der Waals surface area contributed by atoms with E-state index in [1.54, 1.807) is 0 Å². The number of likely N-dealkylation sites (N-methyl/N-ethyl adjacent to an activating group) is 1. The van der Waals surface area contributed by atoms with E-state index >= 15 is 0 Å². The Balaban J connectivity index is 2.10. The fourth-order valence-corrected chi connectivity index (χ4v) is 2.82. The Kier molecular flexibility index (Phi) is 5.89. The van der Waals surface area contributed by atoms with Crippen LogP contribution in [0.5, 0.6) is 5.75 Å². The zero-order valence-corrected chi connectivity index (χ0v) is 15.0. The maximum atomic E-state index is 12.1. The molecule has 128 valence electrons. The van der Waals surface area contributed by atoms with Crippen LogP contribution in [0.15, 0.2) is 12.1 Å². The minimum absolute atomic E-state index is 0.0134. The summed E-state index contributed by atoms with van der Waals surface area (Å²) in [7, 11) is 0. The molecular weight excluding hydrogens is 316 g/mol.